The molecule has 0 saturated carbocycles. The highest BCUT2D eigenvalue weighted by Crippen LogP contribution is 2.37. The van der Waals surface area contributed by atoms with E-state index in [2.05, 4.69) is 359 Å². The van der Waals surface area contributed by atoms with Crippen molar-refractivity contribution < 1.29 is 13.2 Å². The van der Waals surface area contributed by atoms with Crippen molar-refractivity contribution in [1.29, 1.82) is 0 Å². The average Bonchev–Trinajstić information content (AvgIpc) is 1.61. The summed E-state index contributed by atoms with van der Waals surface area (Å²) in [5.41, 5.74) is 26.8. The van der Waals surface area contributed by atoms with E-state index in [9.17, 15) is 8.42 Å². The largest absolute Gasteiger partial charge is 0.493 e. The number of aryl methyl sites for hydroxylation is 2. The van der Waals surface area contributed by atoms with Crippen LogP contribution in [-0.4, -0.2) is 69.5 Å². The molecule has 0 radical (unpaired) electrons. The summed E-state index contributed by atoms with van der Waals surface area (Å²) in [6.45, 7) is 62.3. The zero-order chi connectivity index (χ0) is 89.3. The van der Waals surface area contributed by atoms with Crippen LogP contribution in [0.5, 0.6) is 5.75 Å². The number of para-hydroxylation sites is 3. The van der Waals surface area contributed by atoms with E-state index in [1.807, 2.05) is 67.0 Å². The summed E-state index contributed by atoms with van der Waals surface area (Å²) in [4.78, 5) is 37.3. The van der Waals surface area contributed by atoms with Gasteiger partial charge in [0.05, 0.1) is 71.7 Å². The zero-order valence-electron chi connectivity index (χ0n) is 78.0. The molecule has 9 heterocycles. The summed E-state index contributed by atoms with van der Waals surface area (Å²) in [6.07, 6.45) is 17.3. The number of ether oxygens (including phenoxy) is 1. The Hall–Kier alpha value is -10.6. The number of nitrogens with one attached hydrogen (secondary N) is 2. The first-order valence-corrected chi connectivity index (χ1v) is 45.2. The van der Waals surface area contributed by atoms with Gasteiger partial charge in [0, 0.05) is 53.0 Å². The third-order valence-electron chi connectivity index (χ3n) is 21.8. The maximum absolute atomic E-state index is 11.6. The van der Waals surface area contributed by atoms with Crippen LogP contribution in [-0.2, 0) is 77.8 Å². The van der Waals surface area contributed by atoms with Crippen molar-refractivity contribution in [2.24, 2.45) is 0 Å². The van der Waals surface area contributed by atoms with Crippen molar-refractivity contribution in [3.8, 4) is 5.75 Å². The molecule has 0 spiro atoms. The molecular weight excluding hydrogens is 1540 g/mol. The molecule has 18 rings (SSSR count). The molecule has 0 fully saturated rings. The fraction of sp³-hybridized carbons (Fsp3) is 0.396. The standard InChI is InChI=1S/C13H15N.C13H18.C12H14N2.C12H15NS.C12H14O2S.C12H16O.2C11H14N2.C10H13N3/c1-13(2,3)11-8-10-6-4-5-7-12(10)14-9-11;1-13(2,3)12-9-5-7-10-6-4-8-11(10)12;1-12(2,3)9-4-5-10-11(8-9)14-7-6-13-10;1-8-13-10-7-9(12(2,3)4)5-6-11(10)14-8;1-12(2,3)10-5-4-9-6-7-15(13,14)11(9)8-10;1-12(2,3)10-4-5-11-9(8-10)6-7-13-11;1-11(2,3)8-4-5-9-10(6-8)13-7-12-9;1-11(2,3)10-12-8-6-4-5-7-9(8)13-10;1-10(2,3)8-5-4-6-13-9(8)11-7-12-13/h4-9H,1-3H3;5,7,9H,4,6,8H2,1-3H3;4-8H,1-3H3;5-7H,1-4H3;4-8H,1-3H3;4-5,8H,6-7H2,1-3H3;2*4-7H,1-3H3,(H,12,13);4-7H,1-3H3. The third-order valence-corrected chi connectivity index (χ3v) is 24.2. The van der Waals surface area contributed by atoms with Crippen molar-refractivity contribution in [1.82, 2.24) is 54.5 Å². The molecule has 2 aliphatic heterocycles. The van der Waals surface area contributed by atoms with Crippen molar-refractivity contribution in [2.45, 2.75) is 273 Å². The highest BCUT2D eigenvalue weighted by Gasteiger charge is 2.27. The second-order valence-electron chi connectivity index (χ2n) is 41.3. The number of thiazole rings is 1. The molecule has 16 heteroatoms. The van der Waals surface area contributed by atoms with Gasteiger partial charge in [-0.15, -0.1) is 11.3 Å². The van der Waals surface area contributed by atoms with Crippen LogP contribution < -0.4 is 4.74 Å². The number of H-pyrrole nitrogens is 2. The number of benzene rings is 8. The predicted molar refractivity (Wildman–Crippen MR) is 516 cm³/mol. The van der Waals surface area contributed by atoms with Gasteiger partial charge in [-0.1, -0.05) is 284 Å². The molecule has 1 aliphatic carbocycles. The van der Waals surface area contributed by atoms with Crippen molar-refractivity contribution in [3.05, 3.63) is 296 Å². The summed E-state index contributed by atoms with van der Waals surface area (Å²) < 4.78 is 31.9. The number of sulfone groups is 1. The highest BCUT2D eigenvalue weighted by molar-refractivity contribution is 7.94. The van der Waals surface area contributed by atoms with Gasteiger partial charge in [0.15, 0.2) is 15.5 Å². The molecule has 8 aromatic carbocycles. The van der Waals surface area contributed by atoms with Gasteiger partial charge < -0.3 is 14.7 Å². The van der Waals surface area contributed by atoms with Crippen LogP contribution in [0.1, 0.15) is 271 Å². The second-order valence-corrected chi connectivity index (χ2v) is 44.4. The molecule has 0 saturated heterocycles. The van der Waals surface area contributed by atoms with E-state index in [1.54, 1.807) is 69.7 Å². The number of nitrogens with zero attached hydrogens (tertiary/aromatic N) is 9. The lowest BCUT2D eigenvalue weighted by molar-refractivity contribution is 0.356. The van der Waals surface area contributed by atoms with E-state index in [1.165, 1.54) is 73.7 Å². The lowest BCUT2D eigenvalue weighted by Crippen LogP contribution is -2.13. The van der Waals surface area contributed by atoms with Crippen LogP contribution in [0.15, 0.2) is 224 Å². The Morgan fingerprint density at radius 2 is 0.992 bits per heavy atom. The van der Waals surface area contributed by atoms with E-state index in [0.29, 0.717) is 10.3 Å². The van der Waals surface area contributed by atoms with Gasteiger partial charge in [0.25, 0.3) is 0 Å². The van der Waals surface area contributed by atoms with Gasteiger partial charge >= 0.3 is 0 Å². The molecular formula is C106H133N11O3S2. The summed E-state index contributed by atoms with van der Waals surface area (Å²) >= 11 is 1.76. The molecule has 14 nitrogen and oxygen atoms in total. The fourth-order valence-corrected chi connectivity index (χ4v) is 16.2. The van der Waals surface area contributed by atoms with E-state index in [0.717, 1.165) is 90.5 Å². The predicted octanol–water partition coefficient (Wildman–Crippen LogP) is 27.2. The quantitative estimate of drug-likeness (QED) is 0.147. The first kappa shape index (κ1) is 93.7. The molecule has 15 aromatic rings. The summed E-state index contributed by atoms with van der Waals surface area (Å²) in [6, 6.07) is 60.9. The molecule has 2 N–H and O–H groups in total. The number of aromatic amines is 2. The van der Waals surface area contributed by atoms with Gasteiger partial charge in [0.2, 0.25) is 0 Å². The Bertz CT molecular complexity index is 6080. The minimum atomic E-state index is -3.17. The number of hydrogen-bond donors (Lipinski definition) is 2. The van der Waals surface area contributed by atoms with Crippen molar-refractivity contribution in [2.75, 3.05) is 6.61 Å². The Labute approximate surface area is 731 Å². The minimum absolute atomic E-state index is 0.0207. The first-order chi connectivity index (χ1) is 56.8. The second kappa shape index (κ2) is 37.7. The summed E-state index contributed by atoms with van der Waals surface area (Å²) in [5.74, 6) is 2.13. The molecule has 7 aromatic heterocycles. The van der Waals surface area contributed by atoms with Gasteiger partial charge in [-0.3, -0.25) is 15.0 Å². The van der Waals surface area contributed by atoms with Crippen molar-refractivity contribution in [3.63, 3.8) is 0 Å². The molecule has 0 bridgehead atoms. The summed E-state index contributed by atoms with van der Waals surface area (Å²) in [5, 5.41) is 7.73. The Morgan fingerprint density at radius 1 is 0.426 bits per heavy atom. The Morgan fingerprint density at radius 3 is 1.63 bits per heavy atom. The van der Waals surface area contributed by atoms with Gasteiger partial charge in [-0.25, -0.2) is 32.9 Å². The monoisotopic (exact) mass is 1670 g/mol. The lowest BCUT2D eigenvalue weighted by Gasteiger charge is -2.22. The number of hydrogen-bond acceptors (Lipinski definition) is 12. The Kier molecular flexibility index (Phi) is 28.9. The third kappa shape index (κ3) is 25.1. The van der Waals surface area contributed by atoms with Crippen LogP contribution in [0.25, 0.3) is 65.9 Å². The summed E-state index contributed by atoms with van der Waals surface area (Å²) in [7, 11) is -3.17. The minimum Gasteiger partial charge on any atom is -0.493 e. The molecule has 0 atom stereocenters. The van der Waals surface area contributed by atoms with E-state index in [-0.39, 0.29) is 43.3 Å². The van der Waals surface area contributed by atoms with Crippen molar-refractivity contribution >= 4 is 87.1 Å². The average molecular weight is 1670 g/mol. The van der Waals surface area contributed by atoms with Crippen LogP contribution in [0.4, 0.5) is 0 Å². The topological polar surface area (TPSA) is 182 Å². The molecule has 3 aliphatic rings. The molecule has 122 heavy (non-hydrogen) atoms. The highest BCUT2D eigenvalue weighted by atomic mass is 32.2. The number of imidazole rings is 2. The Balaban J connectivity index is 0.000000144. The van der Waals surface area contributed by atoms with E-state index in [4.69, 9.17) is 4.74 Å². The van der Waals surface area contributed by atoms with Crippen LogP contribution in [0.2, 0.25) is 0 Å². The smallest absolute Gasteiger partial charge is 0.200 e. The van der Waals surface area contributed by atoms with Gasteiger partial charge in [-0.2, -0.15) is 5.10 Å². The van der Waals surface area contributed by atoms with Gasteiger partial charge in [-0.05, 0) is 216 Å². The SMILES string of the molecule is CC(C)(C)c1ccc2c(c1)CCO2.CC(C)(C)c1ccc2c(c1)S(=O)(=O)C=C2.CC(C)(C)c1ccc2nc[nH]c2c1.CC(C)(C)c1ccc2nccnc2c1.CC(C)(C)c1cccc2c1CCC2.CC(C)(C)c1cccn2ncnc12.CC(C)(C)c1cnc2ccccc2c1.CC(C)(C)c1nc2ccccc2[nH]1.Cc1nc2cc(C(C)(C)C)ccc2s1. The maximum Gasteiger partial charge on any atom is 0.200 e. The number of fused-ring (bicyclic) bond motifs is 9. The molecule has 642 valence electrons. The maximum atomic E-state index is 11.6. The van der Waals surface area contributed by atoms with Crippen LogP contribution in [0, 0.1) is 6.92 Å². The number of rotatable bonds is 0. The normalized spacial score (nSPS) is 13.6. The molecule has 0 unspecified atom stereocenters. The fourth-order valence-electron chi connectivity index (χ4n) is 14.2. The van der Waals surface area contributed by atoms with Crippen LogP contribution in [0.3, 0.4) is 0 Å². The van der Waals surface area contributed by atoms with E-state index < -0.39 is 9.84 Å². The zero-order valence-corrected chi connectivity index (χ0v) is 79.6. The lowest BCUT2D eigenvalue weighted by atomic mass is 9.83. The van der Waals surface area contributed by atoms with E-state index >= 15 is 0 Å². The number of aromatic nitrogens is 11. The van der Waals surface area contributed by atoms with Gasteiger partial charge in [0.1, 0.15) is 17.9 Å². The first-order valence-electron chi connectivity index (χ1n) is 42.9. The molecule has 0 amide bonds. The van der Waals surface area contributed by atoms with Crippen LogP contribution >= 0.6 is 11.3 Å². The number of pyridine rings is 2.